The Morgan fingerprint density at radius 3 is 2.83 bits per heavy atom. The minimum atomic E-state index is 0.920. The molecule has 0 spiro atoms. The minimum absolute atomic E-state index is 0.920. The van der Waals surface area contributed by atoms with E-state index in [0.29, 0.717) is 0 Å². The van der Waals surface area contributed by atoms with Crippen molar-refractivity contribution in [2.45, 2.75) is 33.1 Å². The molecule has 0 aromatic carbocycles. The highest BCUT2D eigenvalue weighted by molar-refractivity contribution is 5.01. The van der Waals surface area contributed by atoms with Crippen molar-refractivity contribution in [2.75, 3.05) is 7.11 Å². The minimum Gasteiger partial charge on any atom is -0.416 e. The highest BCUT2D eigenvalue weighted by Gasteiger charge is 2.02. The molecule has 1 aromatic rings. The average molecular weight is 168 g/mol. The molecule has 0 unspecified atom stereocenters. The van der Waals surface area contributed by atoms with E-state index in [4.69, 9.17) is 4.84 Å². The van der Waals surface area contributed by atoms with Crippen LogP contribution in [0.3, 0.4) is 0 Å². The van der Waals surface area contributed by atoms with E-state index in [2.05, 4.69) is 11.9 Å². The molecule has 0 aliphatic rings. The fourth-order valence-corrected chi connectivity index (χ4v) is 1.18. The molecule has 68 valence electrons. The van der Waals surface area contributed by atoms with Crippen molar-refractivity contribution in [1.82, 2.24) is 9.71 Å². The van der Waals surface area contributed by atoms with Gasteiger partial charge in [0.2, 0.25) is 0 Å². The van der Waals surface area contributed by atoms with Crippen LogP contribution in [0.5, 0.6) is 0 Å². The molecule has 0 fully saturated rings. The Balaban J connectivity index is 2.62. The summed E-state index contributed by atoms with van der Waals surface area (Å²) in [7, 11) is 1.65. The third-order valence-electron chi connectivity index (χ3n) is 1.87. The van der Waals surface area contributed by atoms with Crippen LogP contribution in [0, 0.1) is 6.92 Å². The third kappa shape index (κ3) is 2.00. The van der Waals surface area contributed by atoms with Gasteiger partial charge in [-0.25, -0.2) is 4.98 Å². The zero-order valence-electron chi connectivity index (χ0n) is 8.00. The zero-order valence-corrected chi connectivity index (χ0v) is 8.00. The first-order chi connectivity index (χ1) is 5.77. The summed E-state index contributed by atoms with van der Waals surface area (Å²) in [5, 5.41) is 0. The van der Waals surface area contributed by atoms with Gasteiger partial charge in [-0.1, -0.05) is 13.3 Å². The maximum atomic E-state index is 5.06. The standard InChI is InChI=1S/C9H16N2O/c1-4-5-6-9-7-11(12-3)8(2)10-9/h7H,4-6H2,1-3H3. The van der Waals surface area contributed by atoms with Crippen LogP contribution < -0.4 is 4.84 Å². The van der Waals surface area contributed by atoms with Crippen LogP contribution in [0.15, 0.2) is 6.20 Å². The molecule has 3 heteroatoms. The maximum absolute atomic E-state index is 5.06. The number of hydrogen-bond donors (Lipinski definition) is 0. The molecule has 1 aromatic heterocycles. The lowest BCUT2D eigenvalue weighted by molar-refractivity contribution is 0.160. The van der Waals surface area contributed by atoms with Gasteiger partial charge >= 0.3 is 0 Å². The lowest BCUT2D eigenvalue weighted by Gasteiger charge is -1.98. The van der Waals surface area contributed by atoms with Crippen molar-refractivity contribution in [3.05, 3.63) is 17.7 Å². The Morgan fingerprint density at radius 1 is 1.58 bits per heavy atom. The van der Waals surface area contributed by atoms with Gasteiger partial charge < -0.3 is 4.84 Å². The Bertz CT molecular complexity index is 243. The van der Waals surface area contributed by atoms with Gasteiger partial charge in [-0.15, -0.1) is 0 Å². The smallest absolute Gasteiger partial charge is 0.141 e. The van der Waals surface area contributed by atoms with E-state index in [1.165, 1.54) is 12.8 Å². The lowest BCUT2D eigenvalue weighted by Crippen LogP contribution is -2.05. The molecule has 0 radical (unpaired) electrons. The Labute approximate surface area is 73.3 Å². The number of rotatable bonds is 4. The van der Waals surface area contributed by atoms with Crippen molar-refractivity contribution < 1.29 is 4.84 Å². The molecule has 0 saturated heterocycles. The van der Waals surface area contributed by atoms with E-state index in [1.807, 2.05) is 13.1 Å². The van der Waals surface area contributed by atoms with E-state index < -0.39 is 0 Å². The van der Waals surface area contributed by atoms with E-state index in [1.54, 1.807) is 11.8 Å². The number of aromatic nitrogens is 2. The van der Waals surface area contributed by atoms with Crippen LogP contribution in [0.4, 0.5) is 0 Å². The molecule has 1 heterocycles. The van der Waals surface area contributed by atoms with Gasteiger partial charge in [0, 0.05) is 0 Å². The van der Waals surface area contributed by atoms with E-state index in [9.17, 15) is 0 Å². The molecule has 0 bridgehead atoms. The largest absolute Gasteiger partial charge is 0.416 e. The second-order valence-electron chi connectivity index (χ2n) is 2.89. The molecule has 0 saturated carbocycles. The number of hydrogen-bond acceptors (Lipinski definition) is 2. The van der Waals surface area contributed by atoms with Gasteiger partial charge in [0.1, 0.15) is 12.9 Å². The molecule has 1 rings (SSSR count). The first kappa shape index (κ1) is 9.10. The van der Waals surface area contributed by atoms with Crippen molar-refractivity contribution in [1.29, 1.82) is 0 Å². The topological polar surface area (TPSA) is 27.1 Å². The number of imidazole rings is 1. The molecule has 0 atom stereocenters. The second-order valence-corrected chi connectivity index (χ2v) is 2.89. The lowest BCUT2D eigenvalue weighted by atomic mass is 10.2. The third-order valence-corrected chi connectivity index (χ3v) is 1.87. The first-order valence-electron chi connectivity index (χ1n) is 4.37. The normalized spacial score (nSPS) is 10.2. The van der Waals surface area contributed by atoms with Crippen LogP contribution in [0.25, 0.3) is 0 Å². The number of aryl methyl sites for hydroxylation is 2. The monoisotopic (exact) mass is 168 g/mol. The Hall–Kier alpha value is -0.990. The van der Waals surface area contributed by atoms with Crippen LogP contribution in [-0.2, 0) is 6.42 Å². The van der Waals surface area contributed by atoms with Crippen molar-refractivity contribution >= 4 is 0 Å². The molecule has 0 aliphatic carbocycles. The summed E-state index contributed by atoms with van der Waals surface area (Å²) in [4.78, 5) is 9.42. The van der Waals surface area contributed by atoms with Crippen molar-refractivity contribution in [3.63, 3.8) is 0 Å². The van der Waals surface area contributed by atoms with Crippen molar-refractivity contribution in [3.8, 4) is 0 Å². The Morgan fingerprint density at radius 2 is 2.33 bits per heavy atom. The van der Waals surface area contributed by atoms with Crippen molar-refractivity contribution in [2.24, 2.45) is 0 Å². The number of nitrogens with zero attached hydrogens (tertiary/aromatic N) is 2. The molecular formula is C9H16N2O. The molecule has 3 nitrogen and oxygen atoms in total. The molecule has 0 amide bonds. The van der Waals surface area contributed by atoms with Crippen LogP contribution in [-0.4, -0.2) is 16.8 Å². The summed E-state index contributed by atoms with van der Waals surface area (Å²) in [6, 6.07) is 0. The van der Waals surface area contributed by atoms with Crippen LogP contribution in [0.2, 0.25) is 0 Å². The maximum Gasteiger partial charge on any atom is 0.141 e. The molecule has 0 aliphatic heterocycles. The quantitative estimate of drug-likeness (QED) is 0.682. The molecule has 0 N–H and O–H groups in total. The van der Waals surface area contributed by atoms with E-state index in [0.717, 1.165) is 17.9 Å². The predicted molar refractivity (Wildman–Crippen MR) is 48.1 cm³/mol. The van der Waals surface area contributed by atoms with Gasteiger partial charge in [0.25, 0.3) is 0 Å². The van der Waals surface area contributed by atoms with Crippen LogP contribution >= 0.6 is 0 Å². The zero-order chi connectivity index (χ0) is 8.97. The average Bonchev–Trinajstić information content (AvgIpc) is 2.43. The second kappa shape index (κ2) is 4.14. The van der Waals surface area contributed by atoms with Gasteiger partial charge in [-0.05, 0) is 19.8 Å². The van der Waals surface area contributed by atoms with Gasteiger partial charge in [-0.3, -0.25) is 0 Å². The summed E-state index contributed by atoms with van der Waals surface area (Å²) in [6.07, 6.45) is 5.40. The van der Waals surface area contributed by atoms with Gasteiger partial charge in [0.05, 0.1) is 11.9 Å². The summed E-state index contributed by atoms with van der Waals surface area (Å²) in [5.41, 5.74) is 1.12. The SMILES string of the molecule is CCCCc1cn(OC)c(C)n1. The molecular weight excluding hydrogens is 152 g/mol. The van der Waals surface area contributed by atoms with E-state index >= 15 is 0 Å². The fourth-order valence-electron chi connectivity index (χ4n) is 1.18. The predicted octanol–water partition coefficient (Wildman–Crippen LogP) is 1.59. The van der Waals surface area contributed by atoms with Crippen LogP contribution in [0.1, 0.15) is 31.3 Å². The van der Waals surface area contributed by atoms with Gasteiger partial charge in [0.15, 0.2) is 0 Å². The summed E-state index contributed by atoms with van der Waals surface area (Å²) in [5.74, 6) is 0.920. The summed E-state index contributed by atoms with van der Waals surface area (Å²) in [6.45, 7) is 4.12. The summed E-state index contributed by atoms with van der Waals surface area (Å²) < 4.78 is 1.70. The number of unbranched alkanes of at least 4 members (excludes halogenated alkanes) is 1. The first-order valence-corrected chi connectivity index (χ1v) is 4.37. The summed E-state index contributed by atoms with van der Waals surface area (Å²) >= 11 is 0. The fraction of sp³-hybridized carbons (Fsp3) is 0.667. The van der Waals surface area contributed by atoms with Gasteiger partial charge in [-0.2, -0.15) is 4.73 Å². The highest BCUT2D eigenvalue weighted by Crippen LogP contribution is 2.04. The Kier molecular flexibility index (Phi) is 3.14. The highest BCUT2D eigenvalue weighted by atomic mass is 16.6. The molecule has 12 heavy (non-hydrogen) atoms. The van der Waals surface area contributed by atoms with E-state index in [-0.39, 0.29) is 0 Å².